The Labute approximate surface area is 238 Å². The number of pyridine rings is 2. The van der Waals surface area contributed by atoms with Gasteiger partial charge in [-0.2, -0.15) is 10.1 Å². The Morgan fingerprint density at radius 2 is 1.88 bits per heavy atom. The maximum absolute atomic E-state index is 12.2. The first kappa shape index (κ1) is 27.0. The molecule has 0 bridgehead atoms. The Bertz CT molecular complexity index is 1580. The van der Waals surface area contributed by atoms with E-state index in [-0.39, 0.29) is 17.2 Å². The second-order valence-corrected chi connectivity index (χ2v) is 11.6. The van der Waals surface area contributed by atoms with Gasteiger partial charge in [0.05, 0.1) is 19.3 Å². The van der Waals surface area contributed by atoms with Crippen molar-refractivity contribution in [2.75, 3.05) is 31.0 Å². The summed E-state index contributed by atoms with van der Waals surface area (Å²) in [6.45, 7) is 8.08. The second-order valence-electron chi connectivity index (χ2n) is 11.6. The molecule has 41 heavy (non-hydrogen) atoms. The van der Waals surface area contributed by atoms with Crippen molar-refractivity contribution in [2.45, 2.75) is 57.9 Å². The number of nitrogens with zero attached hydrogens (tertiary/aromatic N) is 6. The molecular weight excluding hydrogens is 524 g/mol. The minimum Gasteiger partial charge on any atom is -0.491 e. The topological polar surface area (TPSA) is 130 Å². The van der Waals surface area contributed by atoms with Gasteiger partial charge in [0.1, 0.15) is 17.1 Å². The Morgan fingerprint density at radius 3 is 2.59 bits per heavy atom. The molecule has 12 heteroatoms. The number of fused-ring (bicyclic) bond motifs is 1. The molecule has 4 aromatic heterocycles. The summed E-state index contributed by atoms with van der Waals surface area (Å²) in [5.74, 6) is 3.20. The Morgan fingerprint density at radius 1 is 1.10 bits per heavy atom. The summed E-state index contributed by atoms with van der Waals surface area (Å²) in [6, 6.07) is 5.79. The van der Waals surface area contributed by atoms with Gasteiger partial charge in [-0.15, -0.1) is 0 Å². The second kappa shape index (κ2) is 10.7. The molecule has 0 unspecified atom stereocenters. The van der Waals surface area contributed by atoms with Gasteiger partial charge >= 0.3 is 0 Å². The molecule has 2 aliphatic rings. The number of anilines is 3. The first-order chi connectivity index (χ1) is 19.7. The largest absolute Gasteiger partial charge is 0.491 e. The van der Waals surface area contributed by atoms with E-state index in [1.54, 1.807) is 31.6 Å². The van der Waals surface area contributed by atoms with E-state index in [4.69, 9.17) is 24.3 Å². The zero-order valence-electron chi connectivity index (χ0n) is 24.1. The van der Waals surface area contributed by atoms with E-state index < -0.39 is 0 Å². The SMILES string of the molecule is COc1c(Oc2ccnc(NC(=O)C3CC3)c2)cnc2nc(Nc3cc(C(C)(C)C)n(C4CCOCC4)n3)n(C)c12. The fourth-order valence-electron chi connectivity index (χ4n) is 5.09. The number of carbonyl (C=O) groups is 1. The fraction of sp³-hybridized carbons (Fsp3) is 0.483. The van der Waals surface area contributed by atoms with Crippen LogP contribution in [0.4, 0.5) is 17.6 Å². The summed E-state index contributed by atoms with van der Waals surface area (Å²) < 4.78 is 21.5. The molecule has 1 aliphatic heterocycles. The van der Waals surface area contributed by atoms with Crippen molar-refractivity contribution in [3.8, 4) is 17.2 Å². The van der Waals surface area contributed by atoms with Crippen LogP contribution in [-0.4, -0.2) is 55.5 Å². The van der Waals surface area contributed by atoms with Gasteiger partial charge in [-0.25, -0.2) is 9.97 Å². The Balaban J connectivity index is 1.28. The van der Waals surface area contributed by atoms with Gasteiger partial charge in [-0.3, -0.25) is 9.48 Å². The third-order valence-electron chi connectivity index (χ3n) is 7.46. The number of nitrogens with one attached hydrogen (secondary N) is 2. The molecule has 1 saturated heterocycles. The number of ether oxygens (including phenoxy) is 3. The van der Waals surface area contributed by atoms with Gasteiger partial charge in [0, 0.05) is 55.6 Å². The van der Waals surface area contributed by atoms with Gasteiger partial charge in [0.25, 0.3) is 0 Å². The van der Waals surface area contributed by atoms with Crippen LogP contribution in [0.2, 0.25) is 0 Å². The molecule has 0 spiro atoms. The van der Waals surface area contributed by atoms with Crippen molar-refractivity contribution in [1.82, 2.24) is 29.3 Å². The quantitative estimate of drug-likeness (QED) is 0.302. The average molecular weight is 561 g/mol. The molecule has 12 nitrogen and oxygen atoms in total. The lowest BCUT2D eigenvalue weighted by Gasteiger charge is -2.28. The van der Waals surface area contributed by atoms with Crippen LogP contribution in [0.25, 0.3) is 11.2 Å². The molecule has 0 radical (unpaired) electrons. The summed E-state index contributed by atoms with van der Waals surface area (Å²) in [5.41, 5.74) is 2.25. The van der Waals surface area contributed by atoms with Crippen LogP contribution in [0.5, 0.6) is 17.2 Å². The zero-order valence-corrected chi connectivity index (χ0v) is 24.1. The first-order valence-corrected chi connectivity index (χ1v) is 14.0. The van der Waals surface area contributed by atoms with Gasteiger partial charge < -0.3 is 29.4 Å². The average Bonchev–Trinajstić information content (AvgIpc) is 3.65. The monoisotopic (exact) mass is 560 g/mol. The number of hydrogen-bond acceptors (Lipinski definition) is 9. The maximum atomic E-state index is 12.2. The highest BCUT2D eigenvalue weighted by Crippen LogP contribution is 2.39. The van der Waals surface area contributed by atoms with E-state index in [1.807, 2.05) is 11.6 Å². The lowest BCUT2D eigenvalue weighted by molar-refractivity contribution is -0.117. The van der Waals surface area contributed by atoms with Gasteiger partial charge in [0.2, 0.25) is 11.9 Å². The van der Waals surface area contributed by atoms with Crippen molar-refractivity contribution in [1.29, 1.82) is 0 Å². The summed E-state index contributed by atoms with van der Waals surface area (Å²) in [5, 5.41) is 11.2. The van der Waals surface area contributed by atoms with Crippen molar-refractivity contribution < 1.29 is 19.0 Å². The number of carbonyl (C=O) groups excluding carboxylic acids is 1. The third-order valence-corrected chi connectivity index (χ3v) is 7.46. The lowest BCUT2D eigenvalue weighted by atomic mass is 9.91. The minimum absolute atomic E-state index is 0.0163. The number of aryl methyl sites for hydroxylation is 1. The standard InChI is InChI=1S/C29H36N8O4/c1-29(2,3)21-15-23(35-37(21)18-9-12-40-13-10-18)33-28-34-26-24(36(28)4)25(39-5)20(16-31-26)41-19-8-11-30-22(14-19)32-27(38)17-6-7-17/h8,11,14-18H,6-7,9-10,12-13H2,1-5H3,(H,30,32,38)(H,31,33,34,35). The normalized spacial score (nSPS) is 16.1. The predicted molar refractivity (Wildman–Crippen MR) is 154 cm³/mol. The molecule has 6 rings (SSSR count). The maximum Gasteiger partial charge on any atom is 0.228 e. The lowest BCUT2D eigenvalue weighted by Crippen LogP contribution is -2.26. The summed E-state index contributed by atoms with van der Waals surface area (Å²) in [4.78, 5) is 25.7. The van der Waals surface area contributed by atoms with Crippen molar-refractivity contribution >= 4 is 34.7 Å². The van der Waals surface area contributed by atoms with Gasteiger partial charge in [0.15, 0.2) is 23.0 Å². The molecule has 1 amide bonds. The number of aromatic nitrogens is 6. The Hall–Kier alpha value is -4.19. The Kier molecular flexibility index (Phi) is 7.02. The fourth-order valence-corrected chi connectivity index (χ4v) is 5.09. The van der Waals surface area contributed by atoms with E-state index in [9.17, 15) is 4.79 Å². The van der Waals surface area contributed by atoms with Gasteiger partial charge in [-0.1, -0.05) is 20.8 Å². The predicted octanol–water partition coefficient (Wildman–Crippen LogP) is 5.10. The van der Waals surface area contributed by atoms with E-state index in [0.717, 1.165) is 44.6 Å². The highest BCUT2D eigenvalue weighted by atomic mass is 16.5. The molecule has 0 atom stereocenters. The van der Waals surface area contributed by atoms with Crippen LogP contribution in [-0.2, 0) is 22.0 Å². The smallest absolute Gasteiger partial charge is 0.228 e. The molecule has 5 heterocycles. The van der Waals surface area contributed by atoms with Crippen LogP contribution in [0, 0.1) is 5.92 Å². The van der Waals surface area contributed by atoms with Crippen LogP contribution in [0.1, 0.15) is 58.2 Å². The van der Waals surface area contributed by atoms with Gasteiger partial charge in [-0.05, 0) is 31.7 Å². The van der Waals surface area contributed by atoms with Crippen molar-refractivity contribution in [3.63, 3.8) is 0 Å². The van der Waals surface area contributed by atoms with Crippen LogP contribution >= 0.6 is 0 Å². The van der Waals surface area contributed by atoms with E-state index in [0.29, 0.717) is 52.0 Å². The van der Waals surface area contributed by atoms with Crippen molar-refractivity contribution in [2.24, 2.45) is 13.0 Å². The van der Waals surface area contributed by atoms with E-state index in [2.05, 4.69) is 52.1 Å². The minimum atomic E-state index is -0.0812. The van der Waals surface area contributed by atoms with Crippen LogP contribution < -0.4 is 20.1 Å². The number of amides is 1. The number of hydrogen-bond donors (Lipinski definition) is 2. The molecule has 2 fully saturated rings. The highest BCUT2D eigenvalue weighted by Gasteiger charge is 2.30. The van der Waals surface area contributed by atoms with Crippen LogP contribution in [0.15, 0.2) is 30.6 Å². The van der Waals surface area contributed by atoms with Crippen molar-refractivity contribution in [3.05, 3.63) is 36.3 Å². The number of rotatable bonds is 8. The molecule has 216 valence electrons. The molecule has 4 aromatic rings. The van der Waals surface area contributed by atoms with Crippen LogP contribution in [0.3, 0.4) is 0 Å². The summed E-state index contributed by atoms with van der Waals surface area (Å²) in [7, 11) is 3.48. The first-order valence-electron chi connectivity index (χ1n) is 14.0. The number of methoxy groups -OCH3 is 1. The van der Waals surface area contributed by atoms with E-state index >= 15 is 0 Å². The zero-order chi connectivity index (χ0) is 28.7. The molecule has 2 N–H and O–H groups in total. The molecular formula is C29H36N8O4. The molecule has 0 aromatic carbocycles. The third kappa shape index (κ3) is 5.56. The number of imidazole rings is 1. The molecule has 1 saturated carbocycles. The summed E-state index contributed by atoms with van der Waals surface area (Å²) in [6.07, 6.45) is 6.88. The summed E-state index contributed by atoms with van der Waals surface area (Å²) >= 11 is 0. The molecule has 1 aliphatic carbocycles. The highest BCUT2D eigenvalue weighted by molar-refractivity contribution is 5.93. The van der Waals surface area contributed by atoms with E-state index in [1.165, 1.54) is 0 Å².